The van der Waals surface area contributed by atoms with Crippen LogP contribution in [0.5, 0.6) is 0 Å². The van der Waals surface area contributed by atoms with Crippen LogP contribution in [0.15, 0.2) is 24.3 Å². The summed E-state index contributed by atoms with van der Waals surface area (Å²) in [6, 6.07) is 8.49. The van der Waals surface area contributed by atoms with Crippen molar-refractivity contribution in [2.24, 2.45) is 0 Å². The lowest BCUT2D eigenvalue weighted by Gasteiger charge is -2.23. The second kappa shape index (κ2) is 25.4. The zero-order chi connectivity index (χ0) is 26.8. The second-order valence-corrected chi connectivity index (χ2v) is 11.2. The van der Waals surface area contributed by atoms with Gasteiger partial charge in [-0.25, -0.2) is 0 Å². The Balaban J connectivity index is 1.91. The normalized spacial score (nSPS) is 11.1. The largest absolute Gasteiger partial charge is 0.466 e. The number of anilines is 1. The molecule has 1 aromatic carbocycles. The third-order valence-electron chi connectivity index (χ3n) is 7.12. The van der Waals surface area contributed by atoms with Crippen LogP contribution in [0.25, 0.3) is 0 Å². The van der Waals surface area contributed by atoms with E-state index in [4.69, 9.17) is 27.9 Å². The van der Waals surface area contributed by atoms with Gasteiger partial charge in [0.15, 0.2) is 0 Å². The van der Waals surface area contributed by atoms with Crippen LogP contribution in [-0.2, 0) is 16.0 Å². The number of halogens is 2. The number of nitrogens with zero attached hydrogens (tertiary/aromatic N) is 1. The number of carbonyl (C=O) groups excluding carboxylic acids is 1. The molecule has 0 fully saturated rings. The van der Waals surface area contributed by atoms with Crippen LogP contribution in [0.3, 0.4) is 0 Å². The predicted molar refractivity (Wildman–Crippen MR) is 164 cm³/mol. The first-order valence-electron chi connectivity index (χ1n) is 15.3. The molecule has 0 radical (unpaired) electrons. The van der Waals surface area contributed by atoms with Crippen LogP contribution >= 0.6 is 23.2 Å². The average molecular weight is 557 g/mol. The predicted octanol–water partition coefficient (Wildman–Crippen LogP) is 10.1. The highest BCUT2D eigenvalue weighted by Gasteiger charge is 2.07. The first-order valence-corrected chi connectivity index (χ1v) is 16.4. The van der Waals surface area contributed by atoms with E-state index in [0.29, 0.717) is 24.8 Å². The number of hydrogen-bond donors (Lipinski definition) is 0. The number of carbonyl (C=O) groups is 1. The standard InChI is InChI=1S/C32H55Cl2NO2/c1-2-3-4-5-6-7-8-9-10-11-12-13-14-15-16-17-29-37-32(36)20-18-19-30-21-23-31(24-22-30)35(27-25-33)28-26-34/h21-24H,2-20,25-29H2,1H3. The van der Waals surface area contributed by atoms with Crippen molar-refractivity contribution in [2.45, 2.75) is 129 Å². The molecule has 0 aromatic heterocycles. The Labute approximate surface area is 239 Å². The molecule has 0 N–H and O–H groups in total. The number of unbranched alkanes of at least 4 members (excludes halogenated alkanes) is 15. The van der Waals surface area contributed by atoms with Crippen LogP contribution in [0.1, 0.15) is 128 Å². The summed E-state index contributed by atoms with van der Waals surface area (Å²) in [7, 11) is 0. The minimum atomic E-state index is -0.0621. The highest BCUT2D eigenvalue weighted by atomic mass is 35.5. The van der Waals surface area contributed by atoms with Crippen LogP contribution in [0.2, 0.25) is 0 Å². The smallest absolute Gasteiger partial charge is 0.305 e. The average Bonchev–Trinajstić information content (AvgIpc) is 2.91. The quantitative estimate of drug-likeness (QED) is 0.0646. The molecule has 5 heteroatoms. The first kappa shape index (κ1) is 34.1. The van der Waals surface area contributed by atoms with E-state index in [0.717, 1.165) is 38.0 Å². The van der Waals surface area contributed by atoms with Crippen molar-refractivity contribution >= 4 is 34.9 Å². The molecule has 0 aliphatic rings. The number of benzene rings is 1. The highest BCUT2D eigenvalue weighted by molar-refractivity contribution is 6.18. The Hall–Kier alpha value is -0.930. The van der Waals surface area contributed by atoms with Crippen molar-refractivity contribution in [3.05, 3.63) is 29.8 Å². The van der Waals surface area contributed by atoms with Gasteiger partial charge in [-0.15, -0.1) is 23.2 Å². The molecule has 37 heavy (non-hydrogen) atoms. The number of alkyl halides is 2. The summed E-state index contributed by atoms with van der Waals surface area (Å²) in [5.41, 5.74) is 2.38. The highest BCUT2D eigenvalue weighted by Crippen LogP contribution is 2.17. The maximum absolute atomic E-state index is 12.0. The van der Waals surface area contributed by atoms with Gasteiger partial charge in [-0.3, -0.25) is 4.79 Å². The maximum atomic E-state index is 12.0. The SMILES string of the molecule is CCCCCCCCCCCCCCCCCCOC(=O)CCCc1ccc(N(CCCl)CCCl)cc1. The van der Waals surface area contributed by atoms with Crippen LogP contribution in [0, 0.1) is 0 Å². The number of hydrogen-bond acceptors (Lipinski definition) is 3. The lowest BCUT2D eigenvalue weighted by Crippen LogP contribution is -2.27. The Morgan fingerprint density at radius 3 is 1.59 bits per heavy atom. The van der Waals surface area contributed by atoms with Crippen LogP contribution in [0.4, 0.5) is 5.69 Å². The lowest BCUT2D eigenvalue weighted by atomic mass is 10.0. The van der Waals surface area contributed by atoms with Crippen molar-refractivity contribution in [3.8, 4) is 0 Å². The molecule has 0 bridgehead atoms. The molecule has 1 rings (SSSR count). The van der Waals surface area contributed by atoms with E-state index in [1.807, 2.05) is 0 Å². The van der Waals surface area contributed by atoms with Gasteiger partial charge in [-0.1, -0.05) is 115 Å². The van der Waals surface area contributed by atoms with Gasteiger partial charge in [-0.2, -0.15) is 0 Å². The molecule has 0 spiro atoms. The van der Waals surface area contributed by atoms with Crippen molar-refractivity contribution in [1.82, 2.24) is 0 Å². The molecule has 0 saturated heterocycles. The van der Waals surface area contributed by atoms with Gasteiger partial charge in [0.25, 0.3) is 0 Å². The van der Waals surface area contributed by atoms with Gasteiger partial charge in [-0.05, 0) is 37.0 Å². The fraction of sp³-hybridized carbons (Fsp3) is 0.781. The molecule has 214 valence electrons. The van der Waals surface area contributed by atoms with Crippen molar-refractivity contribution < 1.29 is 9.53 Å². The van der Waals surface area contributed by atoms with Crippen LogP contribution in [-0.4, -0.2) is 37.4 Å². The lowest BCUT2D eigenvalue weighted by molar-refractivity contribution is -0.143. The van der Waals surface area contributed by atoms with E-state index in [1.54, 1.807) is 0 Å². The minimum absolute atomic E-state index is 0.0621. The molecule has 0 heterocycles. The molecule has 0 unspecified atom stereocenters. The van der Waals surface area contributed by atoms with E-state index in [2.05, 4.69) is 36.1 Å². The topological polar surface area (TPSA) is 29.5 Å². The van der Waals surface area contributed by atoms with Gasteiger partial charge < -0.3 is 9.64 Å². The van der Waals surface area contributed by atoms with E-state index in [1.165, 1.54) is 102 Å². The Morgan fingerprint density at radius 1 is 0.676 bits per heavy atom. The third-order valence-corrected chi connectivity index (χ3v) is 7.46. The van der Waals surface area contributed by atoms with Crippen LogP contribution < -0.4 is 4.90 Å². The van der Waals surface area contributed by atoms with Gasteiger partial charge in [0.2, 0.25) is 0 Å². The summed E-state index contributed by atoms with van der Waals surface area (Å²) in [6.07, 6.45) is 23.9. The summed E-state index contributed by atoms with van der Waals surface area (Å²) in [4.78, 5) is 14.2. The van der Waals surface area contributed by atoms with E-state index in [-0.39, 0.29) is 5.97 Å². The van der Waals surface area contributed by atoms with Gasteiger partial charge in [0, 0.05) is 37.0 Å². The molecule has 3 nitrogen and oxygen atoms in total. The summed E-state index contributed by atoms with van der Waals surface area (Å²) in [6.45, 7) is 4.44. The van der Waals surface area contributed by atoms with E-state index < -0.39 is 0 Å². The summed E-state index contributed by atoms with van der Waals surface area (Å²) in [5.74, 6) is 1.10. The number of aryl methyl sites for hydroxylation is 1. The van der Waals surface area contributed by atoms with Gasteiger partial charge in [0.1, 0.15) is 0 Å². The van der Waals surface area contributed by atoms with Crippen molar-refractivity contribution in [3.63, 3.8) is 0 Å². The third kappa shape index (κ3) is 19.7. The zero-order valence-corrected chi connectivity index (χ0v) is 25.3. The molecule has 0 aliphatic heterocycles. The van der Waals surface area contributed by atoms with Gasteiger partial charge >= 0.3 is 5.97 Å². The summed E-state index contributed by atoms with van der Waals surface area (Å²) < 4.78 is 5.43. The summed E-state index contributed by atoms with van der Waals surface area (Å²) in [5, 5.41) is 0. The number of ether oxygens (including phenoxy) is 1. The van der Waals surface area contributed by atoms with E-state index in [9.17, 15) is 4.79 Å². The molecule has 0 atom stereocenters. The molecular formula is C32H55Cl2NO2. The molecule has 0 aliphatic carbocycles. The summed E-state index contributed by atoms with van der Waals surface area (Å²) >= 11 is 11.8. The molecule has 0 amide bonds. The van der Waals surface area contributed by atoms with Gasteiger partial charge in [0.05, 0.1) is 6.61 Å². The number of esters is 1. The fourth-order valence-corrected chi connectivity index (χ4v) is 5.20. The minimum Gasteiger partial charge on any atom is -0.466 e. The first-order chi connectivity index (χ1) is 18.2. The molecular weight excluding hydrogens is 501 g/mol. The van der Waals surface area contributed by atoms with E-state index >= 15 is 0 Å². The second-order valence-electron chi connectivity index (χ2n) is 10.4. The number of rotatable bonds is 26. The zero-order valence-electron chi connectivity index (χ0n) is 23.8. The maximum Gasteiger partial charge on any atom is 0.305 e. The fourth-order valence-electron chi connectivity index (χ4n) is 4.79. The van der Waals surface area contributed by atoms with Crippen molar-refractivity contribution in [2.75, 3.05) is 36.4 Å². The molecule has 1 aromatic rings. The molecule has 0 saturated carbocycles. The Bertz CT molecular complexity index is 632. The Kier molecular flexibility index (Phi) is 23.4. The monoisotopic (exact) mass is 555 g/mol. The Morgan fingerprint density at radius 2 is 1.14 bits per heavy atom. The van der Waals surface area contributed by atoms with Crippen molar-refractivity contribution in [1.29, 1.82) is 0 Å².